The molecule has 0 aliphatic rings. The zero-order chi connectivity index (χ0) is 12.1. The monoisotopic (exact) mass is 284 g/mol. The fraction of sp³-hybridized carbons (Fsp3) is 0.615. The number of halogens is 1. The molecule has 0 saturated heterocycles. The van der Waals surface area contributed by atoms with Crippen LogP contribution in [0.3, 0.4) is 0 Å². The average molecular weight is 285 g/mol. The van der Waals surface area contributed by atoms with Crippen molar-refractivity contribution in [1.29, 1.82) is 0 Å². The van der Waals surface area contributed by atoms with E-state index in [9.17, 15) is 0 Å². The molecule has 1 aromatic heterocycles. The standard InChI is InChI=1S/C13H21BrN2/c1-10(2)8-16(9-11(3)4)13-5-6-15-7-12(13)14/h5-7,10-11H,8-9H2,1-4H3. The molecule has 2 nitrogen and oxygen atoms in total. The average Bonchev–Trinajstić information content (AvgIpc) is 2.15. The quantitative estimate of drug-likeness (QED) is 0.814. The Labute approximate surface area is 107 Å². The van der Waals surface area contributed by atoms with Gasteiger partial charge in [0.05, 0.1) is 10.2 Å². The van der Waals surface area contributed by atoms with E-state index < -0.39 is 0 Å². The van der Waals surface area contributed by atoms with Crippen LogP contribution in [-0.2, 0) is 0 Å². The molecule has 0 aromatic carbocycles. The lowest BCUT2D eigenvalue weighted by molar-refractivity contribution is 0.552. The Morgan fingerprint density at radius 2 is 1.75 bits per heavy atom. The van der Waals surface area contributed by atoms with Crippen LogP contribution in [0.1, 0.15) is 27.7 Å². The van der Waals surface area contributed by atoms with Gasteiger partial charge in [0.15, 0.2) is 0 Å². The number of pyridine rings is 1. The van der Waals surface area contributed by atoms with Crippen LogP contribution in [0.2, 0.25) is 0 Å². The van der Waals surface area contributed by atoms with E-state index >= 15 is 0 Å². The van der Waals surface area contributed by atoms with Crippen molar-refractivity contribution in [1.82, 2.24) is 4.98 Å². The first-order valence-electron chi connectivity index (χ1n) is 5.85. The summed E-state index contributed by atoms with van der Waals surface area (Å²) in [5.74, 6) is 1.33. The maximum atomic E-state index is 4.11. The third-order valence-electron chi connectivity index (χ3n) is 2.26. The molecular weight excluding hydrogens is 264 g/mol. The molecule has 0 amide bonds. The second kappa shape index (κ2) is 6.24. The number of rotatable bonds is 5. The highest BCUT2D eigenvalue weighted by molar-refractivity contribution is 9.10. The summed E-state index contributed by atoms with van der Waals surface area (Å²) in [6.45, 7) is 11.2. The fourth-order valence-corrected chi connectivity index (χ4v) is 2.28. The van der Waals surface area contributed by atoms with Gasteiger partial charge in [-0.05, 0) is 33.8 Å². The Hall–Kier alpha value is -0.570. The Kier molecular flexibility index (Phi) is 5.26. The lowest BCUT2D eigenvalue weighted by Crippen LogP contribution is -2.31. The van der Waals surface area contributed by atoms with E-state index in [0.29, 0.717) is 11.8 Å². The summed E-state index contributed by atoms with van der Waals surface area (Å²) < 4.78 is 1.08. The Morgan fingerprint density at radius 1 is 1.19 bits per heavy atom. The van der Waals surface area contributed by atoms with Gasteiger partial charge in [-0.25, -0.2) is 0 Å². The fourth-order valence-electron chi connectivity index (χ4n) is 1.78. The SMILES string of the molecule is CC(C)CN(CC(C)C)c1ccncc1Br. The van der Waals surface area contributed by atoms with Crippen molar-refractivity contribution in [3.8, 4) is 0 Å². The number of hydrogen-bond acceptors (Lipinski definition) is 2. The van der Waals surface area contributed by atoms with Crippen molar-refractivity contribution in [3.63, 3.8) is 0 Å². The largest absolute Gasteiger partial charge is 0.370 e. The zero-order valence-electron chi connectivity index (χ0n) is 10.6. The number of hydrogen-bond donors (Lipinski definition) is 0. The molecule has 3 heteroatoms. The topological polar surface area (TPSA) is 16.1 Å². The van der Waals surface area contributed by atoms with Gasteiger partial charge in [0.2, 0.25) is 0 Å². The van der Waals surface area contributed by atoms with Crippen molar-refractivity contribution >= 4 is 21.6 Å². The molecule has 0 fully saturated rings. The number of aromatic nitrogens is 1. The van der Waals surface area contributed by atoms with Gasteiger partial charge in [-0.1, -0.05) is 27.7 Å². The van der Waals surface area contributed by atoms with E-state index in [1.165, 1.54) is 5.69 Å². The third-order valence-corrected chi connectivity index (χ3v) is 2.87. The molecular formula is C13H21BrN2. The number of anilines is 1. The van der Waals surface area contributed by atoms with Crippen molar-refractivity contribution in [2.24, 2.45) is 11.8 Å². The van der Waals surface area contributed by atoms with E-state index in [4.69, 9.17) is 0 Å². The van der Waals surface area contributed by atoms with Gasteiger partial charge < -0.3 is 4.90 Å². The van der Waals surface area contributed by atoms with Gasteiger partial charge in [0.1, 0.15) is 0 Å². The van der Waals surface area contributed by atoms with Crippen LogP contribution in [0.15, 0.2) is 22.9 Å². The van der Waals surface area contributed by atoms with Crippen molar-refractivity contribution in [2.75, 3.05) is 18.0 Å². The lowest BCUT2D eigenvalue weighted by Gasteiger charge is -2.29. The van der Waals surface area contributed by atoms with Crippen molar-refractivity contribution in [3.05, 3.63) is 22.9 Å². The summed E-state index contributed by atoms with van der Waals surface area (Å²) in [6.07, 6.45) is 3.72. The van der Waals surface area contributed by atoms with Crippen LogP contribution in [0.4, 0.5) is 5.69 Å². The van der Waals surface area contributed by atoms with Crippen LogP contribution < -0.4 is 4.90 Å². The minimum atomic E-state index is 0.666. The first-order chi connectivity index (χ1) is 7.50. The maximum absolute atomic E-state index is 4.11. The van der Waals surface area contributed by atoms with Crippen LogP contribution in [0.5, 0.6) is 0 Å². The minimum absolute atomic E-state index is 0.666. The van der Waals surface area contributed by atoms with Gasteiger partial charge in [-0.2, -0.15) is 0 Å². The first-order valence-corrected chi connectivity index (χ1v) is 6.64. The zero-order valence-corrected chi connectivity index (χ0v) is 12.2. The molecule has 0 aliphatic heterocycles. The molecule has 0 spiro atoms. The Balaban J connectivity index is 2.87. The van der Waals surface area contributed by atoms with E-state index in [-0.39, 0.29) is 0 Å². The van der Waals surface area contributed by atoms with E-state index in [2.05, 4.69) is 59.6 Å². The summed E-state index contributed by atoms with van der Waals surface area (Å²) in [5, 5.41) is 0. The van der Waals surface area contributed by atoms with Gasteiger partial charge >= 0.3 is 0 Å². The predicted octanol–water partition coefficient (Wildman–Crippen LogP) is 3.96. The Morgan fingerprint density at radius 3 is 2.19 bits per heavy atom. The summed E-state index contributed by atoms with van der Waals surface area (Å²) in [6, 6.07) is 2.08. The molecule has 0 unspecified atom stereocenters. The van der Waals surface area contributed by atoms with Crippen LogP contribution in [-0.4, -0.2) is 18.1 Å². The smallest absolute Gasteiger partial charge is 0.0592 e. The van der Waals surface area contributed by atoms with Crippen molar-refractivity contribution < 1.29 is 0 Å². The minimum Gasteiger partial charge on any atom is -0.370 e. The molecule has 1 heterocycles. The normalized spacial score (nSPS) is 11.2. The highest BCUT2D eigenvalue weighted by Crippen LogP contribution is 2.26. The summed E-state index contributed by atoms with van der Waals surface area (Å²) in [5.41, 5.74) is 1.25. The second-order valence-corrected chi connectivity index (χ2v) is 5.87. The van der Waals surface area contributed by atoms with E-state index in [1.54, 1.807) is 0 Å². The van der Waals surface area contributed by atoms with Gasteiger partial charge in [-0.15, -0.1) is 0 Å². The lowest BCUT2D eigenvalue weighted by atomic mass is 10.1. The molecule has 0 atom stereocenters. The summed E-state index contributed by atoms with van der Waals surface area (Å²) in [4.78, 5) is 6.54. The van der Waals surface area contributed by atoms with Crippen LogP contribution >= 0.6 is 15.9 Å². The van der Waals surface area contributed by atoms with E-state index in [1.807, 2.05) is 12.4 Å². The van der Waals surface area contributed by atoms with Gasteiger partial charge in [0.25, 0.3) is 0 Å². The number of nitrogens with zero attached hydrogens (tertiary/aromatic N) is 2. The molecule has 0 bridgehead atoms. The molecule has 1 rings (SSSR count). The molecule has 0 N–H and O–H groups in total. The third kappa shape index (κ3) is 4.12. The summed E-state index contributed by atoms with van der Waals surface area (Å²) in [7, 11) is 0. The van der Waals surface area contributed by atoms with E-state index in [0.717, 1.165) is 17.6 Å². The molecule has 0 aliphatic carbocycles. The molecule has 1 aromatic rings. The van der Waals surface area contributed by atoms with Crippen LogP contribution in [0, 0.1) is 11.8 Å². The summed E-state index contributed by atoms with van der Waals surface area (Å²) >= 11 is 3.57. The Bertz CT molecular complexity index is 313. The highest BCUT2D eigenvalue weighted by Gasteiger charge is 2.12. The first kappa shape index (κ1) is 13.5. The van der Waals surface area contributed by atoms with Gasteiger partial charge in [-0.3, -0.25) is 4.98 Å². The molecule has 0 saturated carbocycles. The second-order valence-electron chi connectivity index (χ2n) is 5.02. The maximum Gasteiger partial charge on any atom is 0.0592 e. The van der Waals surface area contributed by atoms with Crippen molar-refractivity contribution in [2.45, 2.75) is 27.7 Å². The van der Waals surface area contributed by atoms with Gasteiger partial charge in [0, 0.05) is 25.5 Å². The molecule has 0 radical (unpaired) electrons. The predicted molar refractivity (Wildman–Crippen MR) is 73.8 cm³/mol. The highest BCUT2D eigenvalue weighted by atomic mass is 79.9. The molecule has 16 heavy (non-hydrogen) atoms. The van der Waals surface area contributed by atoms with Crippen LogP contribution in [0.25, 0.3) is 0 Å². The molecule has 90 valence electrons.